The van der Waals surface area contributed by atoms with E-state index in [1.807, 2.05) is 0 Å². The third-order valence-electron chi connectivity index (χ3n) is 2.78. The van der Waals surface area contributed by atoms with Gasteiger partial charge in [-0.2, -0.15) is 0 Å². The summed E-state index contributed by atoms with van der Waals surface area (Å²) in [6.45, 7) is 0. The second-order valence-electron chi connectivity index (χ2n) is 4.05. The van der Waals surface area contributed by atoms with Crippen LogP contribution < -0.4 is 4.74 Å². The molecular weight excluding hydrogens is 296 g/mol. The van der Waals surface area contributed by atoms with E-state index in [9.17, 15) is 17.6 Å². The Labute approximate surface area is 117 Å². The quantitative estimate of drug-likeness (QED) is 0.458. The lowest BCUT2D eigenvalue weighted by molar-refractivity contribution is 0.410. The zero-order valence-corrected chi connectivity index (χ0v) is 11.0. The maximum Gasteiger partial charge on any atom is 0.194 e. The van der Waals surface area contributed by atoms with Crippen LogP contribution in [-0.4, -0.2) is 7.11 Å². The van der Waals surface area contributed by atoms with Crippen LogP contribution in [0.4, 0.5) is 17.6 Å². The molecule has 20 heavy (non-hydrogen) atoms. The van der Waals surface area contributed by atoms with Crippen molar-refractivity contribution < 1.29 is 22.3 Å². The van der Waals surface area contributed by atoms with Crippen molar-refractivity contribution in [3.63, 3.8) is 0 Å². The number of hydrogen-bond acceptors (Lipinski definition) is 1. The van der Waals surface area contributed by atoms with Gasteiger partial charge in [-0.25, -0.2) is 17.6 Å². The summed E-state index contributed by atoms with van der Waals surface area (Å²) < 4.78 is 57.8. The number of methoxy groups -OCH3 is 1. The van der Waals surface area contributed by atoms with Crippen LogP contribution in [-0.2, 0) is 0 Å². The standard InChI is InChI=1S/C14H9ClF4O/c1-20-8-2-3-9(10(16)6-8)13(15)7-4-11(17)14(19)12(18)5-7/h2-6,13H,1H3. The third kappa shape index (κ3) is 2.72. The molecular formula is C14H9ClF4O. The molecule has 2 aromatic rings. The highest BCUT2D eigenvalue weighted by molar-refractivity contribution is 6.22. The van der Waals surface area contributed by atoms with Crippen molar-refractivity contribution in [1.82, 2.24) is 0 Å². The summed E-state index contributed by atoms with van der Waals surface area (Å²) in [5.41, 5.74) is -0.0648. The third-order valence-corrected chi connectivity index (χ3v) is 3.27. The number of alkyl halides is 1. The second-order valence-corrected chi connectivity index (χ2v) is 4.48. The normalized spacial score (nSPS) is 12.3. The highest BCUT2D eigenvalue weighted by Gasteiger charge is 2.20. The van der Waals surface area contributed by atoms with Crippen LogP contribution in [0, 0.1) is 23.3 Å². The van der Waals surface area contributed by atoms with Crippen molar-refractivity contribution >= 4 is 11.6 Å². The Kier molecular flexibility index (Phi) is 4.18. The first-order chi connectivity index (χ1) is 9.43. The van der Waals surface area contributed by atoms with Crippen molar-refractivity contribution in [2.24, 2.45) is 0 Å². The molecule has 106 valence electrons. The molecule has 0 aliphatic carbocycles. The summed E-state index contributed by atoms with van der Waals surface area (Å²) in [7, 11) is 1.37. The number of benzene rings is 2. The van der Waals surface area contributed by atoms with E-state index in [2.05, 4.69) is 0 Å². The Morgan fingerprint density at radius 3 is 2.05 bits per heavy atom. The Balaban J connectivity index is 2.43. The minimum absolute atomic E-state index is 0.0119. The van der Waals surface area contributed by atoms with Gasteiger partial charge in [-0.1, -0.05) is 6.07 Å². The number of halogens is 5. The van der Waals surface area contributed by atoms with Gasteiger partial charge in [0, 0.05) is 11.6 Å². The summed E-state index contributed by atoms with van der Waals surface area (Å²) in [5, 5.41) is -1.15. The first kappa shape index (κ1) is 14.7. The summed E-state index contributed by atoms with van der Waals surface area (Å²) >= 11 is 5.99. The molecule has 0 bridgehead atoms. The Bertz CT molecular complexity index is 622. The van der Waals surface area contributed by atoms with Gasteiger partial charge in [-0.05, 0) is 23.8 Å². The highest BCUT2D eigenvalue weighted by atomic mass is 35.5. The van der Waals surface area contributed by atoms with Gasteiger partial charge in [0.2, 0.25) is 0 Å². The summed E-state index contributed by atoms with van der Waals surface area (Å²) in [5.74, 6) is -4.74. The van der Waals surface area contributed by atoms with Crippen molar-refractivity contribution in [3.8, 4) is 5.75 Å². The molecule has 1 nitrogen and oxygen atoms in total. The maximum absolute atomic E-state index is 13.8. The lowest BCUT2D eigenvalue weighted by atomic mass is 10.0. The monoisotopic (exact) mass is 304 g/mol. The number of ether oxygens (including phenoxy) is 1. The zero-order chi connectivity index (χ0) is 14.9. The molecule has 2 aromatic carbocycles. The van der Waals surface area contributed by atoms with Gasteiger partial charge in [0.25, 0.3) is 0 Å². The van der Waals surface area contributed by atoms with Crippen LogP contribution in [0.5, 0.6) is 5.75 Å². The fourth-order valence-corrected chi connectivity index (χ4v) is 2.04. The summed E-state index contributed by atoms with van der Waals surface area (Å²) in [6, 6.07) is 5.37. The molecule has 0 saturated heterocycles. The van der Waals surface area contributed by atoms with Gasteiger partial charge in [0.05, 0.1) is 12.5 Å². The average molecular weight is 305 g/mol. The molecule has 2 rings (SSSR count). The topological polar surface area (TPSA) is 9.23 Å². The summed E-state index contributed by atoms with van der Waals surface area (Å²) in [6.07, 6.45) is 0. The number of rotatable bonds is 3. The van der Waals surface area contributed by atoms with Gasteiger partial charge in [0.1, 0.15) is 11.6 Å². The molecule has 0 fully saturated rings. The van der Waals surface area contributed by atoms with E-state index < -0.39 is 28.6 Å². The van der Waals surface area contributed by atoms with E-state index >= 15 is 0 Å². The highest BCUT2D eigenvalue weighted by Crippen LogP contribution is 2.33. The van der Waals surface area contributed by atoms with E-state index in [1.54, 1.807) is 0 Å². The van der Waals surface area contributed by atoms with Gasteiger partial charge in [-0.15, -0.1) is 11.6 Å². The molecule has 1 atom stereocenters. The predicted octanol–water partition coefficient (Wildman–Crippen LogP) is 4.58. The summed E-state index contributed by atoms with van der Waals surface area (Å²) in [4.78, 5) is 0. The molecule has 1 unspecified atom stereocenters. The van der Waals surface area contributed by atoms with Gasteiger partial charge in [-0.3, -0.25) is 0 Å². The van der Waals surface area contributed by atoms with Gasteiger partial charge >= 0.3 is 0 Å². The van der Waals surface area contributed by atoms with Crippen LogP contribution in [0.15, 0.2) is 30.3 Å². The van der Waals surface area contributed by atoms with Gasteiger partial charge < -0.3 is 4.74 Å². The molecule has 0 N–H and O–H groups in total. The number of hydrogen-bond donors (Lipinski definition) is 0. The Hall–Kier alpha value is -1.75. The predicted molar refractivity (Wildman–Crippen MR) is 67.0 cm³/mol. The largest absolute Gasteiger partial charge is 0.497 e. The van der Waals surface area contributed by atoms with Crippen LogP contribution in [0.1, 0.15) is 16.5 Å². The fraction of sp³-hybridized carbons (Fsp3) is 0.143. The molecule has 0 aliphatic rings. The smallest absolute Gasteiger partial charge is 0.194 e. The van der Waals surface area contributed by atoms with Crippen molar-refractivity contribution in [2.45, 2.75) is 5.38 Å². The Morgan fingerprint density at radius 1 is 0.950 bits per heavy atom. The van der Waals surface area contributed by atoms with Crippen LogP contribution >= 0.6 is 11.6 Å². The lowest BCUT2D eigenvalue weighted by Crippen LogP contribution is -2.01. The van der Waals surface area contributed by atoms with Crippen molar-refractivity contribution in [2.75, 3.05) is 7.11 Å². The molecule has 0 saturated carbocycles. The lowest BCUT2D eigenvalue weighted by Gasteiger charge is -2.13. The van der Waals surface area contributed by atoms with Gasteiger partial charge in [0.15, 0.2) is 17.5 Å². The molecule has 0 heterocycles. The second kappa shape index (κ2) is 5.71. The zero-order valence-electron chi connectivity index (χ0n) is 10.3. The first-order valence-corrected chi connectivity index (χ1v) is 5.99. The van der Waals surface area contributed by atoms with E-state index in [0.717, 1.165) is 18.2 Å². The van der Waals surface area contributed by atoms with E-state index in [1.165, 1.54) is 19.2 Å². The molecule has 0 radical (unpaired) electrons. The van der Waals surface area contributed by atoms with E-state index in [4.69, 9.17) is 16.3 Å². The molecule has 0 aliphatic heterocycles. The SMILES string of the molecule is COc1ccc(C(Cl)c2cc(F)c(F)c(F)c2)c(F)c1. The van der Waals surface area contributed by atoms with Crippen molar-refractivity contribution in [1.29, 1.82) is 0 Å². The minimum atomic E-state index is -1.59. The van der Waals surface area contributed by atoms with Crippen LogP contribution in [0.3, 0.4) is 0 Å². The molecule has 0 aromatic heterocycles. The average Bonchev–Trinajstić information content (AvgIpc) is 2.43. The van der Waals surface area contributed by atoms with Crippen LogP contribution in [0.25, 0.3) is 0 Å². The molecule has 6 heteroatoms. The van der Waals surface area contributed by atoms with E-state index in [0.29, 0.717) is 0 Å². The van der Waals surface area contributed by atoms with E-state index in [-0.39, 0.29) is 16.9 Å². The van der Waals surface area contributed by atoms with Crippen LogP contribution in [0.2, 0.25) is 0 Å². The molecule has 0 spiro atoms. The maximum atomic E-state index is 13.8. The first-order valence-electron chi connectivity index (χ1n) is 5.56. The Morgan fingerprint density at radius 2 is 1.55 bits per heavy atom. The van der Waals surface area contributed by atoms with Crippen molar-refractivity contribution in [3.05, 3.63) is 64.7 Å². The minimum Gasteiger partial charge on any atom is -0.497 e. The molecule has 0 amide bonds. The fourth-order valence-electron chi connectivity index (χ4n) is 1.74.